The van der Waals surface area contributed by atoms with E-state index < -0.39 is 0 Å². The van der Waals surface area contributed by atoms with Crippen molar-refractivity contribution in [3.8, 4) is 0 Å². The normalized spacial score (nSPS) is 21.6. The van der Waals surface area contributed by atoms with Gasteiger partial charge in [0.25, 0.3) is 5.91 Å². The van der Waals surface area contributed by atoms with Gasteiger partial charge in [-0.15, -0.1) is 11.8 Å². The molecule has 2 aromatic rings. The van der Waals surface area contributed by atoms with Crippen molar-refractivity contribution < 1.29 is 9.53 Å². The molecule has 2 aliphatic rings. The van der Waals surface area contributed by atoms with Gasteiger partial charge in [-0.3, -0.25) is 4.79 Å². The van der Waals surface area contributed by atoms with Crippen LogP contribution in [-0.4, -0.2) is 60.9 Å². The van der Waals surface area contributed by atoms with E-state index in [4.69, 9.17) is 9.72 Å². The first-order valence-electron chi connectivity index (χ1n) is 8.35. The molecule has 3 heterocycles. The van der Waals surface area contributed by atoms with Gasteiger partial charge in [0.05, 0.1) is 10.2 Å². The fourth-order valence-corrected chi connectivity index (χ4v) is 4.98. The smallest absolute Gasteiger partial charge is 0.251 e. The van der Waals surface area contributed by atoms with Crippen molar-refractivity contribution in [2.75, 3.05) is 43.9 Å². The second-order valence-electron chi connectivity index (χ2n) is 6.12. The minimum absolute atomic E-state index is 0.168. The highest BCUT2D eigenvalue weighted by molar-refractivity contribution is 7.98. The Balaban J connectivity index is 1.45. The summed E-state index contributed by atoms with van der Waals surface area (Å²) in [6, 6.07) is 6.34. The highest BCUT2D eigenvalue weighted by Crippen LogP contribution is 2.34. The number of hydrogen-bond acceptors (Lipinski definition) is 6. The van der Waals surface area contributed by atoms with E-state index in [1.54, 1.807) is 23.1 Å². The van der Waals surface area contributed by atoms with Crippen molar-refractivity contribution in [2.45, 2.75) is 23.8 Å². The van der Waals surface area contributed by atoms with Crippen molar-refractivity contribution in [1.82, 2.24) is 9.88 Å². The van der Waals surface area contributed by atoms with E-state index >= 15 is 0 Å². The molecule has 2 saturated heterocycles. The Morgan fingerprint density at radius 1 is 1.33 bits per heavy atom. The van der Waals surface area contributed by atoms with E-state index in [9.17, 15) is 4.79 Å². The van der Waals surface area contributed by atoms with Gasteiger partial charge in [0, 0.05) is 37.7 Å². The fourth-order valence-electron chi connectivity index (χ4n) is 3.31. The molecule has 0 spiro atoms. The molecule has 5 nitrogen and oxygen atoms in total. The molecule has 0 radical (unpaired) electrons. The summed E-state index contributed by atoms with van der Waals surface area (Å²) in [5.41, 5.74) is 1.10. The summed E-state index contributed by atoms with van der Waals surface area (Å²) in [5, 5.41) is 1.07. The van der Waals surface area contributed by atoms with Gasteiger partial charge in [0.2, 0.25) is 0 Å². The first kappa shape index (κ1) is 16.2. The van der Waals surface area contributed by atoms with Gasteiger partial charge < -0.3 is 14.5 Å². The first-order valence-corrected chi connectivity index (χ1v) is 10.4. The minimum Gasteiger partial charge on any atom is -0.368 e. The number of aromatic nitrogens is 1. The molecule has 2 fully saturated rings. The zero-order valence-electron chi connectivity index (χ0n) is 13.7. The molecule has 1 unspecified atom stereocenters. The number of rotatable bonds is 3. The lowest BCUT2D eigenvalue weighted by Gasteiger charge is -2.35. The Kier molecular flexibility index (Phi) is 4.65. The van der Waals surface area contributed by atoms with E-state index in [1.807, 2.05) is 4.90 Å². The van der Waals surface area contributed by atoms with Gasteiger partial charge in [-0.05, 0) is 31.2 Å². The Hall–Kier alpha value is -1.31. The molecule has 2 aliphatic heterocycles. The Morgan fingerprint density at radius 2 is 2.17 bits per heavy atom. The van der Waals surface area contributed by atoms with Crippen molar-refractivity contribution in [2.24, 2.45) is 0 Å². The standard InChI is InChI=1S/C17H21N3O2S2/c1-23-13-5-2-6-14-15(13)18-17(24-14)20-9-7-19(8-10-20)16(21)12-4-3-11-22-12/h2,5-6,12H,3-4,7-11H2,1H3. The third-order valence-electron chi connectivity index (χ3n) is 4.66. The number of hydrogen-bond donors (Lipinski definition) is 0. The number of ether oxygens (including phenoxy) is 1. The molecule has 1 aromatic heterocycles. The monoisotopic (exact) mass is 363 g/mol. The molecule has 1 aromatic carbocycles. The molecular weight excluding hydrogens is 342 g/mol. The zero-order valence-corrected chi connectivity index (χ0v) is 15.4. The molecule has 4 rings (SSSR count). The number of thioether (sulfide) groups is 1. The lowest BCUT2D eigenvalue weighted by molar-refractivity contribution is -0.141. The number of benzene rings is 1. The number of nitrogens with zero attached hydrogens (tertiary/aromatic N) is 3. The number of thiazole rings is 1. The molecule has 0 bridgehead atoms. The van der Waals surface area contributed by atoms with Gasteiger partial charge in [0.15, 0.2) is 5.13 Å². The minimum atomic E-state index is -0.205. The summed E-state index contributed by atoms with van der Waals surface area (Å²) >= 11 is 3.48. The molecular formula is C17H21N3O2S2. The maximum atomic E-state index is 12.4. The molecule has 0 N–H and O–H groups in total. The lowest BCUT2D eigenvalue weighted by atomic mass is 10.2. The Labute approximate surface area is 150 Å². The molecule has 128 valence electrons. The van der Waals surface area contributed by atoms with Crippen molar-refractivity contribution in [3.05, 3.63) is 18.2 Å². The first-order chi connectivity index (χ1) is 11.8. The Morgan fingerprint density at radius 3 is 2.88 bits per heavy atom. The SMILES string of the molecule is CSc1cccc2sc(N3CCN(C(=O)C4CCCO4)CC3)nc12. The predicted octanol–water partition coefficient (Wildman–Crippen LogP) is 2.85. The van der Waals surface area contributed by atoms with Crippen molar-refractivity contribution >= 4 is 44.4 Å². The maximum Gasteiger partial charge on any atom is 0.251 e. The number of piperazine rings is 1. The van der Waals surface area contributed by atoms with Crippen LogP contribution in [0.25, 0.3) is 10.2 Å². The maximum absolute atomic E-state index is 12.4. The van der Waals surface area contributed by atoms with Crippen LogP contribution >= 0.6 is 23.1 Å². The van der Waals surface area contributed by atoms with Crippen LogP contribution in [0.3, 0.4) is 0 Å². The molecule has 24 heavy (non-hydrogen) atoms. The van der Waals surface area contributed by atoms with Crippen LogP contribution in [0, 0.1) is 0 Å². The predicted molar refractivity (Wildman–Crippen MR) is 99.2 cm³/mol. The average Bonchev–Trinajstić information content (AvgIpc) is 3.30. The third kappa shape index (κ3) is 3.00. The highest BCUT2D eigenvalue weighted by Gasteiger charge is 2.30. The highest BCUT2D eigenvalue weighted by atomic mass is 32.2. The summed E-state index contributed by atoms with van der Waals surface area (Å²) in [6.45, 7) is 3.91. The van der Waals surface area contributed by atoms with Crippen LogP contribution in [0.2, 0.25) is 0 Å². The second kappa shape index (κ2) is 6.90. The molecule has 1 atom stereocenters. The van der Waals surface area contributed by atoms with Crippen LogP contribution in [-0.2, 0) is 9.53 Å². The molecule has 0 saturated carbocycles. The van der Waals surface area contributed by atoms with Crippen LogP contribution in [0.15, 0.2) is 23.1 Å². The molecule has 1 amide bonds. The average molecular weight is 364 g/mol. The van der Waals surface area contributed by atoms with Crippen LogP contribution in [0.5, 0.6) is 0 Å². The number of carbonyl (C=O) groups is 1. The third-order valence-corrected chi connectivity index (χ3v) is 6.51. The summed E-state index contributed by atoms with van der Waals surface area (Å²) in [4.78, 5) is 22.8. The second-order valence-corrected chi connectivity index (χ2v) is 7.97. The summed E-state index contributed by atoms with van der Waals surface area (Å²) < 4.78 is 6.76. The van der Waals surface area contributed by atoms with Gasteiger partial charge in [-0.25, -0.2) is 4.98 Å². The number of para-hydroxylation sites is 1. The quantitative estimate of drug-likeness (QED) is 0.785. The van der Waals surface area contributed by atoms with E-state index in [-0.39, 0.29) is 12.0 Å². The number of anilines is 1. The number of fused-ring (bicyclic) bond motifs is 1. The lowest BCUT2D eigenvalue weighted by Crippen LogP contribution is -2.51. The molecule has 0 aliphatic carbocycles. The van der Waals surface area contributed by atoms with Crippen molar-refractivity contribution in [3.63, 3.8) is 0 Å². The van der Waals surface area contributed by atoms with E-state index in [1.165, 1.54) is 9.60 Å². The topological polar surface area (TPSA) is 45.7 Å². The fraction of sp³-hybridized carbons (Fsp3) is 0.529. The van der Waals surface area contributed by atoms with Crippen molar-refractivity contribution in [1.29, 1.82) is 0 Å². The van der Waals surface area contributed by atoms with Gasteiger partial charge in [-0.2, -0.15) is 0 Å². The summed E-state index contributed by atoms with van der Waals surface area (Å²) in [6.07, 6.45) is 3.75. The van der Waals surface area contributed by atoms with Gasteiger partial charge in [-0.1, -0.05) is 17.4 Å². The number of amides is 1. The zero-order chi connectivity index (χ0) is 16.5. The van der Waals surface area contributed by atoms with Crippen LogP contribution in [0.4, 0.5) is 5.13 Å². The van der Waals surface area contributed by atoms with E-state index in [2.05, 4.69) is 29.4 Å². The summed E-state index contributed by atoms with van der Waals surface area (Å²) in [5.74, 6) is 0.168. The van der Waals surface area contributed by atoms with Gasteiger partial charge >= 0.3 is 0 Å². The Bertz CT molecular complexity index is 735. The summed E-state index contributed by atoms with van der Waals surface area (Å²) in [7, 11) is 0. The number of carbonyl (C=O) groups excluding carboxylic acids is 1. The molecule has 7 heteroatoms. The van der Waals surface area contributed by atoms with Gasteiger partial charge in [0.1, 0.15) is 6.10 Å². The van der Waals surface area contributed by atoms with E-state index in [0.717, 1.165) is 56.3 Å². The van der Waals surface area contributed by atoms with E-state index in [0.29, 0.717) is 0 Å². The van der Waals surface area contributed by atoms with Crippen LogP contribution < -0.4 is 4.90 Å². The largest absolute Gasteiger partial charge is 0.368 e. The van der Waals surface area contributed by atoms with Crippen LogP contribution in [0.1, 0.15) is 12.8 Å².